The lowest BCUT2D eigenvalue weighted by molar-refractivity contribution is 0.239. The average molecular weight is 259 g/mol. The molecule has 17 heavy (non-hydrogen) atoms. The summed E-state index contributed by atoms with van der Waals surface area (Å²) in [4.78, 5) is 2.13. The Kier molecular flexibility index (Phi) is 5.89. The number of halogens is 2. The van der Waals surface area contributed by atoms with Crippen molar-refractivity contribution < 1.29 is 4.39 Å². The molecule has 0 atom stereocenters. The number of rotatable bonds is 6. The van der Waals surface area contributed by atoms with E-state index in [1.165, 1.54) is 6.07 Å². The minimum absolute atomic E-state index is 0.247. The molecule has 0 fully saturated rings. The van der Waals surface area contributed by atoms with E-state index in [1.807, 2.05) is 0 Å². The standard InChI is InChI=1S/C13H20ClFN2/c1-10(2)8-17(7-6-16)9-11-12(14)4-3-5-13(11)15/h3-5,10H,6-9,16H2,1-2H3. The van der Waals surface area contributed by atoms with Crippen LogP contribution in [0.1, 0.15) is 19.4 Å². The third-order valence-electron chi connectivity index (χ3n) is 2.51. The molecule has 0 spiro atoms. The number of benzene rings is 1. The second-order valence-corrected chi connectivity index (χ2v) is 5.03. The van der Waals surface area contributed by atoms with Gasteiger partial charge in [0.25, 0.3) is 0 Å². The summed E-state index contributed by atoms with van der Waals surface area (Å²) in [5.41, 5.74) is 6.13. The van der Waals surface area contributed by atoms with E-state index in [0.717, 1.165) is 13.1 Å². The molecule has 0 saturated carbocycles. The van der Waals surface area contributed by atoms with E-state index < -0.39 is 0 Å². The minimum atomic E-state index is -0.247. The Bertz CT molecular complexity index is 335. The molecule has 1 rings (SSSR count). The summed E-state index contributed by atoms with van der Waals surface area (Å²) in [6.45, 7) is 6.99. The summed E-state index contributed by atoms with van der Waals surface area (Å²) in [5.74, 6) is 0.273. The highest BCUT2D eigenvalue weighted by atomic mass is 35.5. The van der Waals surface area contributed by atoms with Crippen molar-refractivity contribution in [3.05, 3.63) is 34.6 Å². The molecule has 96 valence electrons. The number of nitrogens with zero attached hydrogens (tertiary/aromatic N) is 1. The second kappa shape index (κ2) is 6.94. The van der Waals surface area contributed by atoms with Gasteiger partial charge < -0.3 is 5.73 Å². The molecule has 2 nitrogen and oxygen atoms in total. The lowest BCUT2D eigenvalue weighted by Crippen LogP contribution is -2.32. The molecule has 0 aliphatic heterocycles. The highest BCUT2D eigenvalue weighted by Gasteiger charge is 2.13. The molecule has 0 amide bonds. The molecule has 0 bridgehead atoms. The van der Waals surface area contributed by atoms with Crippen LogP contribution >= 0.6 is 11.6 Å². The van der Waals surface area contributed by atoms with Gasteiger partial charge in [0, 0.05) is 36.8 Å². The molecule has 0 aromatic heterocycles. The first kappa shape index (κ1) is 14.4. The summed E-state index contributed by atoms with van der Waals surface area (Å²) in [7, 11) is 0. The molecule has 0 aliphatic carbocycles. The third kappa shape index (κ3) is 4.62. The van der Waals surface area contributed by atoms with Crippen molar-refractivity contribution in [2.45, 2.75) is 20.4 Å². The van der Waals surface area contributed by atoms with Crippen molar-refractivity contribution >= 4 is 11.6 Å². The van der Waals surface area contributed by atoms with Crippen LogP contribution in [-0.2, 0) is 6.54 Å². The Labute approximate surface area is 108 Å². The van der Waals surface area contributed by atoms with Gasteiger partial charge in [-0.2, -0.15) is 0 Å². The van der Waals surface area contributed by atoms with E-state index in [-0.39, 0.29) is 5.82 Å². The van der Waals surface area contributed by atoms with Crippen LogP contribution in [0.5, 0.6) is 0 Å². The molecule has 1 aromatic carbocycles. The van der Waals surface area contributed by atoms with Crippen molar-refractivity contribution in [1.82, 2.24) is 4.90 Å². The fraction of sp³-hybridized carbons (Fsp3) is 0.538. The lowest BCUT2D eigenvalue weighted by atomic mass is 10.1. The van der Waals surface area contributed by atoms with Crippen molar-refractivity contribution in [3.63, 3.8) is 0 Å². The topological polar surface area (TPSA) is 29.3 Å². The normalized spacial score (nSPS) is 11.5. The molecule has 1 aromatic rings. The smallest absolute Gasteiger partial charge is 0.129 e. The van der Waals surface area contributed by atoms with E-state index in [0.29, 0.717) is 29.6 Å². The van der Waals surface area contributed by atoms with E-state index in [2.05, 4.69) is 18.7 Å². The van der Waals surface area contributed by atoms with Crippen LogP contribution in [-0.4, -0.2) is 24.5 Å². The number of nitrogens with two attached hydrogens (primary N) is 1. The van der Waals surface area contributed by atoms with Crippen molar-refractivity contribution in [2.75, 3.05) is 19.6 Å². The SMILES string of the molecule is CC(C)CN(CCN)Cc1c(F)cccc1Cl. The summed E-state index contributed by atoms with van der Waals surface area (Å²) >= 11 is 6.01. The summed E-state index contributed by atoms with van der Waals surface area (Å²) in [6.07, 6.45) is 0. The Morgan fingerprint density at radius 2 is 2.12 bits per heavy atom. The zero-order valence-corrected chi connectivity index (χ0v) is 11.2. The molecular weight excluding hydrogens is 239 g/mol. The Morgan fingerprint density at radius 1 is 1.41 bits per heavy atom. The summed E-state index contributed by atoms with van der Waals surface area (Å²) in [6, 6.07) is 4.78. The first-order valence-electron chi connectivity index (χ1n) is 5.90. The van der Waals surface area contributed by atoms with Crippen LogP contribution in [0.4, 0.5) is 4.39 Å². The number of hydrogen-bond acceptors (Lipinski definition) is 2. The molecule has 0 saturated heterocycles. The van der Waals surface area contributed by atoms with Gasteiger partial charge in [0.15, 0.2) is 0 Å². The summed E-state index contributed by atoms with van der Waals surface area (Å²) < 4.78 is 13.6. The minimum Gasteiger partial charge on any atom is -0.329 e. The highest BCUT2D eigenvalue weighted by molar-refractivity contribution is 6.31. The second-order valence-electron chi connectivity index (χ2n) is 4.62. The van der Waals surface area contributed by atoms with Crippen molar-refractivity contribution in [1.29, 1.82) is 0 Å². The predicted octanol–water partition coefficient (Wildman–Crippen LogP) is 2.90. The number of hydrogen-bond donors (Lipinski definition) is 1. The van der Waals surface area contributed by atoms with E-state index in [9.17, 15) is 4.39 Å². The van der Waals surface area contributed by atoms with Gasteiger partial charge in [-0.05, 0) is 18.1 Å². The average Bonchev–Trinajstić information content (AvgIpc) is 2.23. The van der Waals surface area contributed by atoms with Crippen molar-refractivity contribution in [2.24, 2.45) is 11.7 Å². The molecule has 4 heteroatoms. The van der Waals surface area contributed by atoms with Crippen LogP contribution in [0.3, 0.4) is 0 Å². The molecular formula is C13H20ClFN2. The van der Waals surface area contributed by atoms with Crippen LogP contribution in [0.25, 0.3) is 0 Å². The van der Waals surface area contributed by atoms with Gasteiger partial charge >= 0.3 is 0 Å². The fourth-order valence-electron chi connectivity index (χ4n) is 1.84. The molecule has 0 aliphatic rings. The first-order valence-corrected chi connectivity index (χ1v) is 6.27. The van der Waals surface area contributed by atoms with Crippen LogP contribution in [0, 0.1) is 11.7 Å². The van der Waals surface area contributed by atoms with Gasteiger partial charge in [-0.3, -0.25) is 4.90 Å². The monoisotopic (exact) mass is 258 g/mol. The van der Waals surface area contributed by atoms with Crippen molar-refractivity contribution in [3.8, 4) is 0 Å². The highest BCUT2D eigenvalue weighted by Crippen LogP contribution is 2.21. The molecule has 0 heterocycles. The van der Waals surface area contributed by atoms with Gasteiger partial charge in [0.1, 0.15) is 5.82 Å². The van der Waals surface area contributed by atoms with Gasteiger partial charge in [-0.1, -0.05) is 31.5 Å². The quantitative estimate of drug-likeness (QED) is 0.850. The van der Waals surface area contributed by atoms with E-state index in [4.69, 9.17) is 17.3 Å². The van der Waals surface area contributed by atoms with Gasteiger partial charge in [0.05, 0.1) is 0 Å². The predicted molar refractivity (Wildman–Crippen MR) is 70.6 cm³/mol. The zero-order valence-electron chi connectivity index (χ0n) is 10.4. The lowest BCUT2D eigenvalue weighted by Gasteiger charge is -2.24. The van der Waals surface area contributed by atoms with Gasteiger partial charge in [-0.15, -0.1) is 0 Å². The molecule has 0 radical (unpaired) electrons. The molecule has 0 unspecified atom stereocenters. The van der Waals surface area contributed by atoms with Crippen LogP contribution in [0.2, 0.25) is 5.02 Å². The fourth-order valence-corrected chi connectivity index (χ4v) is 2.06. The van der Waals surface area contributed by atoms with E-state index in [1.54, 1.807) is 12.1 Å². The Hall–Kier alpha value is -0.640. The third-order valence-corrected chi connectivity index (χ3v) is 2.87. The maximum absolute atomic E-state index is 13.6. The summed E-state index contributed by atoms with van der Waals surface area (Å²) in [5, 5.41) is 0.482. The zero-order chi connectivity index (χ0) is 12.8. The van der Waals surface area contributed by atoms with Crippen LogP contribution in [0.15, 0.2) is 18.2 Å². The molecule has 2 N–H and O–H groups in total. The van der Waals surface area contributed by atoms with Crippen LogP contribution < -0.4 is 5.73 Å². The van der Waals surface area contributed by atoms with Gasteiger partial charge in [0.2, 0.25) is 0 Å². The Balaban J connectivity index is 2.78. The largest absolute Gasteiger partial charge is 0.329 e. The first-order chi connectivity index (χ1) is 8.04. The van der Waals surface area contributed by atoms with Gasteiger partial charge in [-0.25, -0.2) is 4.39 Å². The van der Waals surface area contributed by atoms with E-state index >= 15 is 0 Å². The maximum atomic E-state index is 13.6. The maximum Gasteiger partial charge on any atom is 0.129 e. The Morgan fingerprint density at radius 3 is 2.65 bits per heavy atom.